The second-order valence-corrected chi connectivity index (χ2v) is 15.5. The number of unbranched alkanes of at least 4 members (excludes halogenated alkanes) is 15. The van der Waals surface area contributed by atoms with Crippen LogP contribution in [-0.4, -0.2) is 153 Å². The maximum absolute atomic E-state index is 12.5. The Hall–Kier alpha value is -2.57. The van der Waals surface area contributed by atoms with Gasteiger partial charge in [-0.3, -0.25) is 24.0 Å². The lowest BCUT2D eigenvalue weighted by atomic mass is 10.0. The van der Waals surface area contributed by atoms with Crippen LogP contribution in [0.25, 0.3) is 0 Å². The minimum Gasteiger partial charge on any atom is -0.481 e. The molecule has 0 aromatic heterocycles. The second-order valence-electron chi connectivity index (χ2n) is 15.5. The summed E-state index contributed by atoms with van der Waals surface area (Å²) in [6.07, 6.45) is 20.0. The van der Waals surface area contributed by atoms with Gasteiger partial charge in [0.1, 0.15) is 5.78 Å². The average molecular weight is 891 g/mol. The van der Waals surface area contributed by atoms with Crippen LogP contribution >= 0.6 is 0 Å². The Morgan fingerprint density at radius 3 is 1.05 bits per heavy atom. The fourth-order valence-corrected chi connectivity index (χ4v) is 6.16. The third-order valence-electron chi connectivity index (χ3n) is 9.80. The standard InChI is InChI=1S/C46H86N2O14/c1-41(49)23-25-55-27-29-57-31-33-59-35-37-61-39-40-62-38-36-60-34-32-58-30-28-56-26-24-47-44(51)22-21-43(42(2)50)48-45(52)19-17-15-13-11-9-7-5-3-4-6-8-10-12-14-16-18-20-46(53)54/h43H,3-40H2,1-2H3,(H,47,51)(H,48,52)(H,53,54)/t43-/m0/s1. The average Bonchev–Trinajstić information content (AvgIpc) is 3.24. The number of carboxylic acid groups (broad SMARTS) is 1. The van der Waals surface area contributed by atoms with Crippen molar-refractivity contribution in [1.82, 2.24) is 10.6 Å². The molecular formula is C46H86N2O14. The van der Waals surface area contributed by atoms with Crippen LogP contribution in [0.2, 0.25) is 0 Å². The van der Waals surface area contributed by atoms with Crippen LogP contribution in [0.5, 0.6) is 0 Å². The van der Waals surface area contributed by atoms with E-state index in [0.29, 0.717) is 132 Å². The number of carbonyl (C=O) groups excluding carboxylic acids is 4. The molecule has 0 fully saturated rings. The Bertz CT molecular complexity index is 1070. The highest BCUT2D eigenvalue weighted by molar-refractivity contribution is 5.88. The molecule has 0 aliphatic heterocycles. The van der Waals surface area contributed by atoms with E-state index in [-0.39, 0.29) is 36.2 Å². The number of ether oxygens (including phenoxy) is 8. The van der Waals surface area contributed by atoms with Gasteiger partial charge in [-0.05, 0) is 33.1 Å². The van der Waals surface area contributed by atoms with Gasteiger partial charge in [0.05, 0.1) is 112 Å². The SMILES string of the molecule is CC(=O)CCOCCOCCOCCOCCOCCOCCOCCOCCNC(=O)CC[C@H](NC(=O)CCCCCCCCCCCCCCCCCCC(=O)O)C(C)=O. The first-order valence-electron chi connectivity index (χ1n) is 23.6. The molecule has 0 aromatic carbocycles. The van der Waals surface area contributed by atoms with E-state index in [1.54, 1.807) is 6.92 Å². The number of carboxylic acids is 1. The normalized spacial score (nSPS) is 11.8. The van der Waals surface area contributed by atoms with Gasteiger partial charge in [0.25, 0.3) is 0 Å². The molecule has 0 aliphatic carbocycles. The molecule has 0 unspecified atom stereocenters. The Balaban J connectivity index is 3.48. The molecule has 3 N–H and O–H groups in total. The first kappa shape index (κ1) is 59.4. The van der Waals surface area contributed by atoms with Crippen LogP contribution in [0.3, 0.4) is 0 Å². The van der Waals surface area contributed by atoms with Crippen LogP contribution in [0.15, 0.2) is 0 Å². The largest absolute Gasteiger partial charge is 0.481 e. The monoisotopic (exact) mass is 891 g/mol. The summed E-state index contributed by atoms with van der Waals surface area (Å²) in [6.45, 7) is 10.5. The Morgan fingerprint density at radius 1 is 0.387 bits per heavy atom. The van der Waals surface area contributed by atoms with Crippen molar-refractivity contribution in [2.75, 3.05) is 112 Å². The van der Waals surface area contributed by atoms with Crippen molar-refractivity contribution >= 4 is 29.4 Å². The molecule has 0 saturated carbocycles. The summed E-state index contributed by atoms with van der Waals surface area (Å²) in [7, 11) is 0. The fraction of sp³-hybridized carbons (Fsp3) is 0.891. The Kier molecular flexibility index (Phi) is 45.9. The third kappa shape index (κ3) is 48.5. The van der Waals surface area contributed by atoms with E-state index >= 15 is 0 Å². The maximum atomic E-state index is 12.5. The lowest BCUT2D eigenvalue weighted by Gasteiger charge is -2.16. The van der Waals surface area contributed by atoms with Gasteiger partial charge in [-0.2, -0.15) is 0 Å². The van der Waals surface area contributed by atoms with Gasteiger partial charge < -0.3 is 53.6 Å². The summed E-state index contributed by atoms with van der Waals surface area (Å²) in [5.41, 5.74) is 0. The van der Waals surface area contributed by atoms with Crippen molar-refractivity contribution in [1.29, 1.82) is 0 Å². The summed E-state index contributed by atoms with van der Waals surface area (Å²) in [4.78, 5) is 58.2. The molecule has 0 radical (unpaired) electrons. The van der Waals surface area contributed by atoms with Gasteiger partial charge >= 0.3 is 5.97 Å². The van der Waals surface area contributed by atoms with E-state index in [9.17, 15) is 24.0 Å². The summed E-state index contributed by atoms with van der Waals surface area (Å²) in [5, 5.41) is 14.3. The molecular weight excluding hydrogens is 805 g/mol. The summed E-state index contributed by atoms with van der Waals surface area (Å²) in [6, 6.07) is -0.661. The van der Waals surface area contributed by atoms with E-state index in [1.807, 2.05) is 0 Å². The molecule has 0 aromatic rings. The molecule has 0 spiro atoms. The third-order valence-corrected chi connectivity index (χ3v) is 9.80. The predicted molar refractivity (Wildman–Crippen MR) is 237 cm³/mol. The van der Waals surface area contributed by atoms with Crippen molar-refractivity contribution in [2.24, 2.45) is 0 Å². The molecule has 364 valence electrons. The number of Topliss-reactive ketones (excluding diaryl/α,β-unsaturated/α-hetero) is 2. The lowest BCUT2D eigenvalue weighted by Crippen LogP contribution is -2.40. The Labute approximate surface area is 373 Å². The molecule has 62 heavy (non-hydrogen) atoms. The smallest absolute Gasteiger partial charge is 0.303 e. The summed E-state index contributed by atoms with van der Waals surface area (Å²) < 4.78 is 43.5. The van der Waals surface area contributed by atoms with Gasteiger partial charge in [-0.1, -0.05) is 89.9 Å². The number of carbonyl (C=O) groups is 5. The second kappa shape index (κ2) is 47.9. The van der Waals surface area contributed by atoms with E-state index in [2.05, 4.69) is 10.6 Å². The molecule has 0 aliphatic rings. The zero-order chi connectivity index (χ0) is 45.4. The predicted octanol–water partition coefficient (Wildman–Crippen LogP) is 6.17. The molecule has 1 atom stereocenters. The molecule has 0 bridgehead atoms. The number of hydrogen-bond acceptors (Lipinski definition) is 13. The number of hydrogen-bond donors (Lipinski definition) is 3. The number of nitrogens with one attached hydrogen (secondary N) is 2. The molecule has 0 saturated heterocycles. The van der Waals surface area contributed by atoms with Crippen molar-refractivity contribution in [3.05, 3.63) is 0 Å². The summed E-state index contributed by atoms with van der Waals surface area (Å²) in [5.74, 6) is -1.06. The number of aliphatic carboxylic acids is 1. The van der Waals surface area contributed by atoms with E-state index in [4.69, 9.17) is 43.0 Å². The van der Waals surface area contributed by atoms with Crippen LogP contribution in [0.1, 0.15) is 149 Å². The molecule has 0 rings (SSSR count). The van der Waals surface area contributed by atoms with Crippen LogP contribution < -0.4 is 10.6 Å². The zero-order valence-electron chi connectivity index (χ0n) is 38.7. The van der Waals surface area contributed by atoms with Gasteiger partial charge in [-0.15, -0.1) is 0 Å². The molecule has 16 nitrogen and oxygen atoms in total. The quantitative estimate of drug-likeness (QED) is 0.0585. The van der Waals surface area contributed by atoms with Crippen molar-refractivity contribution in [3.8, 4) is 0 Å². The summed E-state index contributed by atoms with van der Waals surface area (Å²) >= 11 is 0. The minimum atomic E-state index is -0.693. The van der Waals surface area contributed by atoms with E-state index < -0.39 is 12.0 Å². The highest BCUT2D eigenvalue weighted by Gasteiger charge is 2.18. The van der Waals surface area contributed by atoms with Gasteiger partial charge in [0.15, 0.2) is 5.78 Å². The minimum absolute atomic E-state index is 0.115. The number of amides is 2. The topological polar surface area (TPSA) is 203 Å². The zero-order valence-corrected chi connectivity index (χ0v) is 38.7. The van der Waals surface area contributed by atoms with Gasteiger partial charge in [0.2, 0.25) is 11.8 Å². The Morgan fingerprint density at radius 2 is 0.710 bits per heavy atom. The first-order chi connectivity index (χ1) is 30.2. The van der Waals surface area contributed by atoms with Crippen LogP contribution in [-0.2, 0) is 61.9 Å². The number of ketones is 2. The van der Waals surface area contributed by atoms with Gasteiger partial charge in [-0.25, -0.2) is 0 Å². The molecule has 2 amide bonds. The van der Waals surface area contributed by atoms with Crippen molar-refractivity contribution in [2.45, 2.75) is 155 Å². The van der Waals surface area contributed by atoms with Crippen molar-refractivity contribution < 1.29 is 67.0 Å². The molecule has 16 heteroatoms. The van der Waals surface area contributed by atoms with E-state index in [0.717, 1.165) is 38.5 Å². The van der Waals surface area contributed by atoms with Crippen molar-refractivity contribution in [3.63, 3.8) is 0 Å². The lowest BCUT2D eigenvalue weighted by molar-refractivity contribution is -0.137. The highest BCUT2D eigenvalue weighted by atomic mass is 16.6. The van der Waals surface area contributed by atoms with E-state index in [1.165, 1.54) is 71.1 Å². The number of rotatable bonds is 51. The van der Waals surface area contributed by atoms with Crippen LogP contribution in [0, 0.1) is 0 Å². The highest BCUT2D eigenvalue weighted by Crippen LogP contribution is 2.14. The van der Waals surface area contributed by atoms with Gasteiger partial charge in [0, 0.05) is 32.2 Å². The fourth-order valence-electron chi connectivity index (χ4n) is 6.16. The first-order valence-corrected chi connectivity index (χ1v) is 23.6. The maximum Gasteiger partial charge on any atom is 0.303 e. The van der Waals surface area contributed by atoms with Crippen LogP contribution in [0.4, 0.5) is 0 Å². The molecule has 0 heterocycles.